The first-order valence-electron chi connectivity index (χ1n) is 6.16. The minimum Gasteiger partial charge on any atom is -0.387 e. The molecule has 2 aliphatic rings. The number of β-amino-alcohol motifs (C(OH)–C–C–N with tert-alkyl or cyclic N) is 1. The van der Waals surface area contributed by atoms with Crippen LogP contribution in [0, 0.1) is 0 Å². The Bertz CT molecular complexity index is 375. The summed E-state index contributed by atoms with van der Waals surface area (Å²) in [4.78, 5) is 0. The molecule has 7 nitrogen and oxygen atoms in total. The molecule has 8 heteroatoms. The third-order valence-electron chi connectivity index (χ3n) is 3.43. The van der Waals surface area contributed by atoms with Gasteiger partial charge in [0.25, 0.3) is 10.2 Å². The normalized spacial score (nSPS) is 31.1. The van der Waals surface area contributed by atoms with E-state index in [4.69, 9.17) is 4.74 Å². The zero-order valence-electron chi connectivity index (χ0n) is 10.6. The third-order valence-corrected chi connectivity index (χ3v) is 5.36. The number of hydrogen-bond donors (Lipinski definition) is 2. The van der Waals surface area contributed by atoms with Crippen molar-refractivity contribution >= 4 is 10.2 Å². The summed E-state index contributed by atoms with van der Waals surface area (Å²) in [5, 5.41) is 13.3. The summed E-state index contributed by atoms with van der Waals surface area (Å²) >= 11 is 0. The second-order valence-electron chi connectivity index (χ2n) is 4.93. The van der Waals surface area contributed by atoms with E-state index in [1.54, 1.807) is 0 Å². The second kappa shape index (κ2) is 5.40. The van der Waals surface area contributed by atoms with Crippen LogP contribution in [0.5, 0.6) is 0 Å². The summed E-state index contributed by atoms with van der Waals surface area (Å²) in [6, 6.07) is 0. The fourth-order valence-corrected chi connectivity index (χ4v) is 3.74. The second-order valence-corrected chi connectivity index (χ2v) is 6.96. The Kier molecular flexibility index (Phi) is 4.25. The van der Waals surface area contributed by atoms with Crippen molar-refractivity contribution in [2.45, 2.75) is 12.0 Å². The topological polar surface area (TPSA) is 82.1 Å². The summed E-state index contributed by atoms with van der Waals surface area (Å²) in [7, 11) is -1.97. The van der Waals surface area contributed by atoms with Gasteiger partial charge in [0, 0.05) is 33.2 Å². The van der Waals surface area contributed by atoms with Gasteiger partial charge in [-0.15, -0.1) is 0 Å². The largest absolute Gasteiger partial charge is 0.387 e. The van der Waals surface area contributed by atoms with E-state index in [1.807, 2.05) is 0 Å². The summed E-state index contributed by atoms with van der Waals surface area (Å²) in [5.41, 5.74) is -0.950. The minimum atomic E-state index is -3.49. The minimum absolute atomic E-state index is 0.125. The van der Waals surface area contributed by atoms with Crippen LogP contribution in [0.25, 0.3) is 0 Å². The molecule has 2 saturated heterocycles. The van der Waals surface area contributed by atoms with Crippen LogP contribution < -0.4 is 5.32 Å². The van der Waals surface area contributed by atoms with Gasteiger partial charge in [-0.25, -0.2) is 0 Å². The van der Waals surface area contributed by atoms with Crippen LogP contribution in [-0.2, 0) is 14.9 Å². The quantitative estimate of drug-likeness (QED) is 0.636. The van der Waals surface area contributed by atoms with Crippen molar-refractivity contribution in [3.63, 3.8) is 0 Å². The average Bonchev–Trinajstić information content (AvgIpc) is 2.77. The first-order chi connectivity index (χ1) is 8.44. The van der Waals surface area contributed by atoms with Crippen molar-refractivity contribution in [1.29, 1.82) is 0 Å². The SMILES string of the molecule is CN(CC1(O)CCNC1)S(=O)(=O)N1CCOCC1. The Labute approximate surface area is 108 Å². The summed E-state index contributed by atoms with van der Waals surface area (Å²) in [5.74, 6) is 0. The summed E-state index contributed by atoms with van der Waals surface area (Å²) in [6.45, 7) is 2.90. The zero-order valence-corrected chi connectivity index (χ0v) is 11.4. The molecule has 0 amide bonds. The van der Waals surface area contributed by atoms with Crippen LogP contribution in [0.4, 0.5) is 0 Å². The molecule has 2 aliphatic heterocycles. The number of hydrogen-bond acceptors (Lipinski definition) is 5. The molecule has 0 bridgehead atoms. The van der Waals surface area contributed by atoms with Gasteiger partial charge in [0.05, 0.1) is 18.8 Å². The van der Waals surface area contributed by atoms with Crippen LogP contribution in [0.1, 0.15) is 6.42 Å². The van der Waals surface area contributed by atoms with Crippen LogP contribution >= 0.6 is 0 Å². The highest BCUT2D eigenvalue weighted by Crippen LogP contribution is 2.18. The molecule has 0 aromatic carbocycles. The summed E-state index contributed by atoms with van der Waals surface area (Å²) in [6.07, 6.45) is 0.579. The maximum absolute atomic E-state index is 12.3. The fourth-order valence-electron chi connectivity index (χ4n) is 2.34. The molecule has 1 atom stereocenters. The van der Waals surface area contributed by atoms with E-state index >= 15 is 0 Å². The predicted molar refractivity (Wildman–Crippen MR) is 66.4 cm³/mol. The molecule has 2 fully saturated rings. The lowest BCUT2D eigenvalue weighted by Gasteiger charge is -2.33. The Hall–Kier alpha value is -0.250. The number of aliphatic hydroxyl groups is 1. The highest BCUT2D eigenvalue weighted by molar-refractivity contribution is 7.86. The van der Waals surface area contributed by atoms with Crippen molar-refractivity contribution in [2.75, 3.05) is 53.0 Å². The molecule has 106 valence electrons. The first-order valence-corrected chi connectivity index (χ1v) is 7.56. The number of likely N-dealkylation sites (N-methyl/N-ethyl adjacent to an activating group) is 1. The number of ether oxygens (including phenoxy) is 1. The standard InChI is InChI=1S/C10H21N3O4S/c1-12(9-10(14)2-3-11-8-10)18(15,16)13-4-6-17-7-5-13/h11,14H,2-9H2,1H3. The Morgan fingerprint density at radius 3 is 2.67 bits per heavy atom. The molecule has 0 aromatic rings. The molecule has 2 rings (SSSR count). The van der Waals surface area contributed by atoms with Gasteiger partial charge in [0.15, 0.2) is 0 Å². The molecule has 18 heavy (non-hydrogen) atoms. The highest BCUT2D eigenvalue weighted by atomic mass is 32.2. The number of rotatable bonds is 4. The van der Waals surface area contributed by atoms with E-state index < -0.39 is 15.8 Å². The van der Waals surface area contributed by atoms with E-state index in [0.29, 0.717) is 39.3 Å². The van der Waals surface area contributed by atoms with Gasteiger partial charge >= 0.3 is 0 Å². The molecular weight excluding hydrogens is 258 g/mol. The lowest BCUT2D eigenvalue weighted by molar-refractivity contribution is 0.0411. The van der Waals surface area contributed by atoms with Crippen molar-refractivity contribution in [1.82, 2.24) is 13.9 Å². The number of nitrogens with one attached hydrogen (secondary N) is 1. The Balaban J connectivity index is 2.00. The van der Waals surface area contributed by atoms with Crippen molar-refractivity contribution < 1.29 is 18.3 Å². The first kappa shape index (κ1) is 14.2. The van der Waals surface area contributed by atoms with E-state index in [0.717, 1.165) is 6.54 Å². The molecule has 0 aliphatic carbocycles. The maximum atomic E-state index is 12.3. The molecule has 0 aromatic heterocycles. The zero-order chi connectivity index (χ0) is 13.2. The van der Waals surface area contributed by atoms with E-state index in [2.05, 4.69) is 5.32 Å². The predicted octanol–water partition coefficient (Wildman–Crippen LogP) is -1.78. The van der Waals surface area contributed by atoms with Crippen LogP contribution in [0.3, 0.4) is 0 Å². The van der Waals surface area contributed by atoms with Crippen LogP contribution in [0.15, 0.2) is 0 Å². The van der Waals surface area contributed by atoms with E-state index in [1.165, 1.54) is 15.7 Å². The lowest BCUT2D eigenvalue weighted by atomic mass is 10.0. The van der Waals surface area contributed by atoms with Gasteiger partial charge < -0.3 is 15.2 Å². The van der Waals surface area contributed by atoms with E-state index in [-0.39, 0.29) is 6.54 Å². The van der Waals surface area contributed by atoms with Crippen LogP contribution in [0.2, 0.25) is 0 Å². The number of morpholine rings is 1. The third kappa shape index (κ3) is 3.01. The van der Waals surface area contributed by atoms with Crippen molar-refractivity contribution in [2.24, 2.45) is 0 Å². The van der Waals surface area contributed by atoms with E-state index in [9.17, 15) is 13.5 Å². The van der Waals surface area contributed by atoms with Crippen molar-refractivity contribution in [3.05, 3.63) is 0 Å². The Morgan fingerprint density at radius 1 is 1.44 bits per heavy atom. The maximum Gasteiger partial charge on any atom is 0.281 e. The smallest absolute Gasteiger partial charge is 0.281 e. The van der Waals surface area contributed by atoms with Gasteiger partial charge in [0.2, 0.25) is 0 Å². The molecule has 1 unspecified atom stereocenters. The summed E-state index contributed by atoms with van der Waals surface area (Å²) < 4.78 is 32.4. The van der Waals surface area contributed by atoms with Crippen LogP contribution in [-0.4, -0.2) is 80.7 Å². The molecule has 0 spiro atoms. The molecule has 2 heterocycles. The molecule has 0 saturated carbocycles. The highest BCUT2D eigenvalue weighted by Gasteiger charge is 2.37. The van der Waals surface area contributed by atoms with Gasteiger partial charge in [-0.05, 0) is 13.0 Å². The van der Waals surface area contributed by atoms with Gasteiger partial charge in [0.1, 0.15) is 0 Å². The molecule has 0 radical (unpaired) electrons. The average molecular weight is 279 g/mol. The molecular formula is C10H21N3O4S. The van der Waals surface area contributed by atoms with Gasteiger partial charge in [-0.3, -0.25) is 0 Å². The number of nitrogens with zero attached hydrogens (tertiary/aromatic N) is 2. The van der Waals surface area contributed by atoms with Gasteiger partial charge in [-0.1, -0.05) is 0 Å². The monoisotopic (exact) mass is 279 g/mol. The Morgan fingerprint density at radius 2 is 2.11 bits per heavy atom. The lowest BCUT2D eigenvalue weighted by Crippen LogP contribution is -2.52. The van der Waals surface area contributed by atoms with Crippen molar-refractivity contribution in [3.8, 4) is 0 Å². The fraction of sp³-hybridized carbons (Fsp3) is 1.00. The molecule has 2 N–H and O–H groups in total. The van der Waals surface area contributed by atoms with Gasteiger partial charge in [-0.2, -0.15) is 17.0 Å².